The summed E-state index contributed by atoms with van der Waals surface area (Å²) in [5.41, 5.74) is 1.11. The Morgan fingerprint density at radius 2 is 2.00 bits per heavy atom. The van der Waals surface area contributed by atoms with Crippen molar-refractivity contribution in [2.75, 3.05) is 18.5 Å². The monoisotopic (exact) mass is 315 g/mol. The van der Waals surface area contributed by atoms with Gasteiger partial charge in [0, 0.05) is 11.9 Å². The molecule has 122 valence electrons. The van der Waals surface area contributed by atoms with Crippen molar-refractivity contribution < 1.29 is 14.6 Å². The first kappa shape index (κ1) is 15.6. The third kappa shape index (κ3) is 3.90. The standard InChI is InChI=1S/C17H21N3O3/c21-11-12-23-15-7-5-13(6-8-15)18-17(22)16-9-10-20(19-16)14-3-1-2-4-14/h5-10,14,21H,1-4,11-12H2,(H,18,22). The van der Waals surface area contributed by atoms with Crippen molar-refractivity contribution >= 4 is 11.6 Å². The zero-order valence-electron chi connectivity index (χ0n) is 12.9. The summed E-state index contributed by atoms with van der Waals surface area (Å²) in [6.07, 6.45) is 6.63. The van der Waals surface area contributed by atoms with Gasteiger partial charge in [0.05, 0.1) is 12.6 Å². The summed E-state index contributed by atoms with van der Waals surface area (Å²) >= 11 is 0. The van der Waals surface area contributed by atoms with E-state index in [1.807, 2.05) is 10.9 Å². The molecule has 1 aromatic heterocycles. The highest BCUT2D eigenvalue weighted by atomic mass is 16.5. The van der Waals surface area contributed by atoms with Crippen LogP contribution in [0.2, 0.25) is 0 Å². The van der Waals surface area contributed by atoms with Crippen molar-refractivity contribution in [2.45, 2.75) is 31.7 Å². The number of anilines is 1. The molecule has 0 aliphatic heterocycles. The summed E-state index contributed by atoms with van der Waals surface area (Å²) in [5, 5.41) is 15.9. The predicted octanol–water partition coefficient (Wildman–Crippen LogP) is 2.62. The number of carbonyl (C=O) groups excluding carboxylic acids is 1. The lowest BCUT2D eigenvalue weighted by molar-refractivity contribution is 0.102. The van der Waals surface area contributed by atoms with Crippen molar-refractivity contribution in [3.63, 3.8) is 0 Å². The third-order valence-corrected chi connectivity index (χ3v) is 4.01. The van der Waals surface area contributed by atoms with E-state index in [9.17, 15) is 4.79 Å². The second kappa shape index (κ2) is 7.28. The van der Waals surface area contributed by atoms with Crippen LogP contribution < -0.4 is 10.1 Å². The molecule has 23 heavy (non-hydrogen) atoms. The van der Waals surface area contributed by atoms with Gasteiger partial charge in [-0.05, 0) is 43.2 Å². The number of hydrogen-bond acceptors (Lipinski definition) is 4. The van der Waals surface area contributed by atoms with Gasteiger partial charge in [-0.3, -0.25) is 9.48 Å². The zero-order chi connectivity index (χ0) is 16.1. The van der Waals surface area contributed by atoms with Gasteiger partial charge in [-0.1, -0.05) is 12.8 Å². The lowest BCUT2D eigenvalue weighted by Gasteiger charge is -2.09. The van der Waals surface area contributed by atoms with Crippen LogP contribution in [0.5, 0.6) is 5.75 Å². The van der Waals surface area contributed by atoms with Gasteiger partial charge < -0.3 is 15.2 Å². The Morgan fingerprint density at radius 3 is 2.70 bits per heavy atom. The van der Waals surface area contributed by atoms with E-state index in [1.165, 1.54) is 12.8 Å². The molecule has 1 fully saturated rings. The molecular weight excluding hydrogens is 294 g/mol. The maximum Gasteiger partial charge on any atom is 0.276 e. The molecule has 1 heterocycles. The van der Waals surface area contributed by atoms with Gasteiger partial charge in [-0.15, -0.1) is 0 Å². The second-order valence-corrected chi connectivity index (χ2v) is 5.67. The van der Waals surface area contributed by atoms with E-state index in [1.54, 1.807) is 30.3 Å². The summed E-state index contributed by atoms with van der Waals surface area (Å²) in [6, 6.07) is 9.22. The number of hydrogen-bond donors (Lipinski definition) is 2. The van der Waals surface area contributed by atoms with Crippen molar-refractivity contribution in [1.29, 1.82) is 0 Å². The van der Waals surface area contributed by atoms with Crippen molar-refractivity contribution in [3.05, 3.63) is 42.2 Å². The van der Waals surface area contributed by atoms with Crippen LogP contribution >= 0.6 is 0 Å². The molecule has 6 heteroatoms. The summed E-state index contributed by atoms with van der Waals surface area (Å²) in [4.78, 5) is 12.2. The van der Waals surface area contributed by atoms with Gasteiger partial charge in [-0.2, -0.15) is 5.10 Å². The number of ether oxygens (including phenoxy) is 1. The first-order valence-electron chi connectivity index (χ1n) is 7.96. The summed E-state index contributed by atoms with van der Waals surface area (Å²) in [7, 11) is 0. The van der Waals surface area contributed by atoms with Gasteiger partial charge in [-0.25, -0.2) is 0 Å². The third-order valence-electron chi connectivity index (χ3n) is 4.01. The molecule has 0 saturated heterocycles. The number of carbonyl (C=O) groups is 1. The minimum absolute atomic E-state index is 0.0257. The van der Waals surface area contributed by atoms with E-state index in [0.717, 1.165) is 12.8 Å². The van der Waals surface area contributed by atoms with Crippen LogP contribution in [0, 0.1) is 0 Å². The van der Waals surface area contributed by atoms with Crippen LogP contribution in [0.3, 0.4) is 0 Å². The van der Waals surface area contributed by atoms with Crippen LogP contribution in [0.25, 0.3) is 0 Å². The quantitative estimate of drug-likeness (QED) is 0.859. The fourth-order valence-corrected chi connectivity index (χ4v) is 2.82. The normalized spacial score (nSPS) is 14.8. The van der Waals surface area contributed by atoms with Crippen LogP contribution in [0.1, 0.15) is 42.2 Å². The Balaban J connectivity index is 1.60. The average Bonchev–Trinajstić information content (AvgIpc) is 3.25. The highest BCUT2D eigenvalue weighted by Gasteiger charge is 2.19. The Bertz CT molecular complexity index is 645. The first-order valence-corrected chi connectivity index (χ1v) is 7.96. The van der Waals surface area contributed by atoms with Crippen LogP contribution in [0.15, 0.2) is 36.5 Å². The van der Waals surface area contributed by atoms with E-state index < -0.39 is 0 Å². The Morgan fingerprint density at radius 1 is 1.26 bits per heavy atom. The number of nitrogens with zero attached hydrogens (tertiary/aromatic N) is 2. The van der Waals surface area contributed by atoms with Crippen LogP contribution in [-0.2, 0) is 0 Å². The molecule has 1 saturated carbocycles. The molecule has 3 rings (SSSR count). The molecule has 0 spiro atoms. The average molecular weight is 315 g/mol. The molecule has 2 aromatic rings. The summed E-state index contributed by atoms with van der Waals surface area (Å²) in [5.74, 6) is 0.438. The smallest absolute Gasteiger partial charge is 0.276 e. The summed E-state index contributed by atoms with van der Waals surface area (Å²) < 4.78 is 7.19. The lowest BCUT2D eigenvalue weighted by Crippen LogP contribution is -2.14. The second-order valence-electron chi connectivity index (χ2n) is 5.67. The van der Waals surface area contributed by atoms with Gasteiger partial charge in [0.1, 0.15) is 12.4 Å². The molecule has 6 nitrogen and oxygen atoms in total. The number of nitrogens with one attached hydrogen (secondary N) is 1. The molecule has 1 aliphatic carbocycles. The number of rotatable bonds is 6. The molecule has 2 N–H and O–H groups in total. The van der Waals surface area contributed by atoms with E-state index in [4.69, 9.17) is 9.84 Å². The largest absolute Gasteiger partial charge is 0.491 e. The minimum Gasteiger partial charge on any atom is -0.491 e. The fourth-order valence-electron chi connectivity index (χ4n) is 2.82. The van der Waals surface area contributed by atoms with Gasteiger partial charge in [0.25, 0.3) is 5.91 Å². The zero-order valence-corrected chi connectivity index (χ0v) is 12.9. The molecule has 0 unspecified atom stereocenters. The predicted molar refractivity (Wildman–Crippen MR) is 86.7 cm³/mol. The van der Waals surface area contributed by atoms with Crippen molar-refractivity contribution in [1.82, 2.24) is 9.78 Å². The number of amides is 1. The topological polar surface area (TPSA) is 76.4 Å². The Labute approximate surface area is 135 Å². The summed E-state index contributed by atoms with van der Waals surface area (Å²) in [6.45, 7) is 0.229. The van der Waals surface area contributed by atoms with Crippen molar-refractivity contribution in [2.24, 2.45) is 0 Å². The molecular formula is C17H21N3O3. The van der Waals surface area contributed by atoms with E-state index in [0.29, 0.717) is 23.2 Å². The molecule has 0 bridgehead atoms. The van der Waals surface area contributed by atoms with Gasteiger partial charge >= 0.3 is 0 Å². The minimum atomic E-state index is -0.217. The Hall–Kier alpha value is -2.34. The Kier molecular flexibility index (Phi) is 4.92. The SMILES string of the molecule is O=C(Nc1ccc(OCCO)cc1)c1ccn(C2CCCC2)n1. The first-order chi connectivity index (χ1) is 11.3. The highest BCUT2D eigenvalue weighted by Crippen LogP contribution is 2.28. The van der Waals surface area contributed by atoms with Crippen molar-refractivity contribution in [3.8, 4) is 5.75 Å². The van der Waals surface area contributed by atoms with E-state index in [2.05, 4.69) is 10.4 Å². The van der Waals surface area contributed by atoms with E-state index in [-0.39, 0.29) is 19.1 Å². The lowest BCUT2D eigenvalue weighted by atomic mass is 10.3. The van der Waals surface area contributed by atoms with Crippen LogP contribution in [0.4, 0.5) is 5.69 Å². The molecule has 1 amide bonds. The molecule has 1 aromatic carbocycles. The maximum atomic E-state index is 12.2. The van der Waals surface area contributed by atoms with Gasteiger partial charge in [0.15, 0.2) is 5.69 Å². The number of aliphatic hydroxyl groups is 1. The number of aliphatic hydroxyl groups excluding tert-OH is 1. The maximum absolute atomic E-state index is 12.2. The number of benzene rings is 1. The molecule has 0 atom stereocenters. The molecule has 1 aliphatic rings. The molecule has 0 radical (unpaired) electrons. The van der Waals surface area contributed by atoms with Crippen LogP contribution in [-0.4, -0.2) is 34.0 Å². The van der Waals surface area contributed by atoms with E-state index >= 15 is 0 Å². The fraction of sp³-hybridized carbons (Fsp3) is 0.412. The highest BCUT2D eigenvalue weighted by molar-refractivity contribution is 6.02. The number of aromatic nitrogens is 2. The van der Waals surface area contributed by atoms with Gasteiger partial charge in [0.2, 0.25) is 0 Å².